The molecular formula is C25H30N2O4. The molecule has 2 aromatic carbocycles. The van der Waals surface area contributed by atoms with Crippen molar-refractivity contribution in [1.29, 1.82) is 0 Å². The van der Waals surface area contributed by atoms with Gasteiger partial charge in [0, 0.05) is 11.1 Å². The Kier molecular flexibility index (Phi) is 6.20. The lowest BCUT2D eigenvalue weighted by Crippen LogP contribution is -2.54. The van der Waals surface area contributed by atoms with Crippen LogP contribution in [0.25, 0.3) is 0 Å². The van der Waals surface area contributed by atoms with E-state index in [1.165, 1.54) is 16.9 Å². The van der Waals surface area contributed by atoms with Crippen LogP contribution in [0.5, 0.6) is 5.75 Å². The van der Waals surface area contributed by atoms with Crippen LogP contribution in [0.1, 0.15) is 62.9 Å². The van der Waals surface area contributed by atoms with E-state index in [2.05, 4.69) is 13.8 Å². The van der Waals surface area contributed by atoms with Gasteiger partial charge in [0.15, 0.2) is 0 Å². The Morgan fingerprint density at radius 2 is 1.74 bits per heavy atom. The Morgan fingerprint density at radius 1 is 1.10 bits per heavy atom. The van der Waals surface area contributed by atoms with Crippen molar-refractivity contribution in [2.24, 2.45) is 0 Å². The van der Waals surface area contributed by atoms with Crippen molar-refractivity contribution in [3.8, 4) is 5.75 Å². The van der Waals surface area contributed by atoms with Gasteiger partial charge in [0.05, 0.1) is 19.2 Å². The summed E-state index contributed by atoms with van der Waals surface area (Å²) >= 11 is 0. The summed E-state index contributed by atoms with van der Waals surface area (Å²) in [5.41, 5.74) is 1.40. The number of carbonyl (C=O) groups excluding carboxylic acids is 3. The Labute approximate surface area is 183 Å². The van der Waals surface area contributed by atoms with Crippen LogP contribution in [-0.2, 0) is 9.59 Å². The maximum Gasteiger partial charge on any atom is 0.257 e. The lowest BCUT2D eigenvalue weighted by atomic mass is 9.99. The van der Waals surface area contributed by atoms with Gasteiger partial charge >= 0.3 is 0 Å². The lowest BCUT2D eigenvalue weighted by Gasteiger charge is -2.39. The summed E-state index contributed by atoms with van der Waals surface area (Å²) in [6.45, 7) is 9.76. The van der Waals surface area contributed by atoms with E-state index in [4.69, 9.17) is 4.74 Å². The van der Waals surface area contributed by atoms with Gasteiger partial charge in [0.2, 0.25) is 5.91 Å². The van der Waals surface area contributed by atoms with Crippen LogP contribution >= 0.6 is 0 Å². The quantitative estimate of drug-likeness (QED) is 0.670. The van der Waals surface area contributed by atoms with Crippen molar-refractivity contribution in [2.75, 3.05) is 12.0 Å². The fourth-order valence-corrected chi connectivity index (χ4v) is 3.91. The molecule has 1 heterocycles. The van der Waals surface area contributed by atoms with Crippen molar-refractivity contribution in [3.63, 3.8) is 0 Å². The van der Waals surface area contributed by atoms with Crippen LogP contribution < -0.4 is 9.64 Å². The van der Waals surface area contributed by atoms with E-state index in [0.717, 1.165) is 5.56 Å². The predicted octanol–water partition coefficient (Wildman–Crippen LogP) is 4.39. The highest BCUT2D eigenvalue weighted by Crippen LogP contribution is 2.32. The van der Waals surface area contributed by atoms with Crippen molar-refractivity contribution in [2.45, 2.75) is 58.5 Å². The molecule has 31 heavy (non-hydrogen) atoms. The molecule has 1 atom stereocenters. The van der Waals surface area contributed by atoms with Gasteiger partial charge in [-0.05, 0) is 62.6 Å². The van der Waals surface area contributed by atoms with E-state index in [0.29, 0.717) is 22.9 Å². The smallest absolute Gasteiger partial charge is 0.257 e. The summed E-state index contributed by atoms with van der Waals surface area (Å²) in [6, 6.07) is 13.4. The Hall–Kier alpha value is -3.15. The molecule has 0 radical (unpaired) electrons. The van der Waals surface area contributed by atoms with Gasteiger partial charge in [0.1, 0.15) is 11.8 Å². The van der Waals surface area contributed by atoms with Crippen LogP contribution in [0.2, 0.25) is 0 Å². The molecule has 0 aliphatic carbocycles. The van der Waals surface area contributed by atoms with Gasteiger partial charge in [0.25, 0.3) is 11.8 Å². The maximum absolute atomic E-state index is 13.5. The molecule has 0 saturated carbocycles. The zero-order valence-electron chi connectivity index (χ0n) is 19.0. The monoisotopic (exact) mass is 422 g/mol. The first kappa shape index (κ1) is 22.5. The molecular weight excluding hydrogens is 392 g/mol. The van der Waals surface area contributed by atoms with Crippen LogP contribution in [0.3, 0.4) is 0 Å². The molecule has 1 aliphatic rings. The molecule has 0 spiro atoms. The molecule has 0 N–H and O–H groups in total. The number of ether oxygens (including phenoxy) is 1. The summed E-state index contributed by atoms with van der Waals surface area (Å²) in [6.07, 6.45) is -0.0439. The molecule has 1 saturated heterocycles. The van der Waals surface area contributed by atoms with Crippen LogP contribution in [0, 0.1) is 0 Å². The first-order chi connectivity index (χ1) is 14.5. The highest BCUT2D eigenvalue weighted by molar-refractivity contribution is 6.23. The number of hydrogen-bond acceptors (Lipinski definition) is 4. The van der Waals surface area contributed by atoms with Gasteiger partial charge in [-0.15, -0.1) is 0 Å². The Bertz CT molecular complexity index is 989. The molecule has 1 fully saturated rings. The largest absolute Gasteiger partial charge is 0.497 e. The first-order valence-corrected chi connectivity index (χ1v) is 10.5. The van der Waals surface area contributed by atoms with E-state index >= 15 is 0 Å². The molecule has 3 rings (SSSR count). The van der Waals surface area contributed by atoms with Crippen molar-refractivity contribution < 1.29 is 19.1 Å². The zero-order chi connectivity index (χ0) is 22.9. The molecule has 1 aliphatic heterocycles. The average Bonchev–Trinajstić information content (AvgIpc) is 3.00. The minimum Gasteiger partial charge on any atom is -0.497 e. The third kappa shape index (κ3) is 4.48. The number of methoxy groups -OCH3 is 1. The molecule has 164 valence electrons. The van der Waals surface area contributed by atoms with Crippen LogP contribution in [-0.4, -0.2) is 41.3 Å². The van der Waals surface area contributed by atoms with Crippen molar-refractivity contribution >= 4 is 23.4 Å². The first-order valence-electron chi connectivity index (χ1n) is 10.5. The Morgan fingerprint density at radius 3 is 2.29 bits per heavy atom. The van der Waals surface area contributed by atoms with E-state index in [-0.39, 0.29) is 24.1 Å². The van der Waals surface area contributed by atoms with Gasteiger partial charge in [-0.1, -0.05) is 32.0 Å². The zero-order valence-corrected chi connectivity index (χ0v) is 19.0. The second-order valence-electron chi connectivity index (χ2n) is 9.11. The highest BCUT2D eigenvalue weighted by Gasteiger charge is 2.47. The summed E-state index contributed by atoms with van der Waals surface area (Å²) in [4.78, 5) is 42.4. The fraction of sp³-hybridized carbons (Fsp3) is 0.400. The number of carbonyl (C=O) groups is 3. The van der Waals surface area contributed by atoms with Crippen LogP contribution in [0.4, 0.5) is 5.69 Å². The number of rotatable bonds is 5. The normalized spacial score (nSPS) is 16.7. The summed E-state index contributed by atoms with van der Waals surface area (Å²) < 4.78 is 5.24. The topological polar surface area (TPSA) is 66.9 Å². The number of amides is 3. The molecule has 1 unspecified atom stereocenters. The van der Waals surface area contributed by atoms with Gasteiger partial charge < -0.3 is 9.64 Å². The van der Waals surface area contributed by atoms with E-state index in [9.17, 15) is 14.4 Å². The lowest BCUT2D eigenvalue weighted by molar-refractivity contribution is -0.123. The number of imide groups is 1. The number of nitrogens with zero attached hydrogens (tertiary/aromatic N) is 2. The minimum absolute atomic E-state index is 0.0439. The highest BCUT2D eigenvalue weighted by atomic mass is 16.5. The minimum atomic E-state index is -0.865. The molecule has 6 heteroatoms. The molecule has 3 amide bonds. The predicted molar refractivity (Wildman–Crippen MR) is 120 cm³/mol. The van der Waals surface area contributed by atoms with Gasteiger partial charge in [-0.3, -0.25) is 14.4 Å². The molecule has 6 nitrogen and oxygen atoms in total. The van der Waals surface area contributed by atoms with Crippen molar-refractivity contribution in [3.05, 3.63) is 59.7 Å². The second kappa shape index (κ2) is 8.53. The standard InChI is InChI=1S/C25H30N2O4/c1-16(2)17-10-12-19(13-11-17)26-22(28)15-21(24(26)30)27(25(3,4)5)23(29)18-8-7-9-20(14-18)31-6/h7-14,16,21H,15H2,1-6H3. The Balaban J connectivity index is 1.95. The molecule has 0 bridgehead atoms. The molecule has 2 aromatic rings. The third-order valence-corrected chi connectivity index (χ3v) is 5.51. The van der Waals surface area contributed by atoms with Gasteiger partial charge in [-0.2, -0.15) is 0 Å². The fourth-order valence-electron chi connectivity index (χ4n) is 3.91. The summed E-state index contributed by atoms with van der Waals surface area (Å²) in [5, 5.41) is 0. The average molecular weight is 423 g/mol. The maximum atomic E-state index is 13.5. The van der Waals surface area contributed by atoms with Crippen molar-refractivity contribution in [1.82, 2.24) is 4.90 Å². The summed E-state index contributed by atoms with van der Waals surface area (Å²) in [5.74, 6) is -0.0907. The van der Waals surface area contributed by atoms with Crippen LogP contribution in [0.15, 0.2) is 48.5 Å². The number of benzene rings is 2. The van der Waals surface area contributed by atoms with E-state index in [1.807, 2.05) is 32.9 Å². The third-order valence-electron chi connectivity index (χ3n) is 5.51. The number of hydrogen-bond donors (Lipinski definition) is 0. The summed E-state index contributed by atoms with van der Waals surface area (Å²) in [7, 11) is 1.53. The molecule has 0 aromatic heterocycles. The van der Waals surface area contributed by atoms with Gasteiger partial charge in [-0.25, -0.2) is 4.90 Å². The SMILES string of the molecule is COc1cccc(C(=O)N(C2CC(=O)N(c3ccc(C(C)C)cc3)C2=O)C(C)(C)C)c1. The van der Waals surface area contributed by atoms with E-state index in [1.54, 1.807) is 36.4 Å². The number of anilines is 1. The van der Waals surface area contributed by atoms with E-state index < -0.39 is 11.6 Å². The second-order valence-corrected chi connectivity index (χ2v) is 9.11.